The molecule has 3 heteroatoms. The first-order chi connectivity index (χ1) is 7.95. The van der Waals surface area contributed by atoms with Crippen LogP contribution in [0.1, 0.15) is 32.1 Å². The van der Waals surface area contributed by atoms with Crippen LogP contribution in [-0.2, 0) is 4.74 Å². The van der Waals surface area contributed by atoms with E-state index in [9.17, 15) is 0 Å². The zero-order chi connectivity index (χ0) is 10.8. The molecule has 92 valence electrons. The van der Waals surface area contributed by atoms with Gasteiger partial charge in [0.1, 0.15) is 0 Å². The molecule has 0 spiro atoms. The Morgan fingerprint density at radius 2 is 1.94 bits per heavy atom. The van der Waals surface area contributed by atoms with Gasteiger partial charge in [0.2, 0.25) is 0 Å². The minimum atomic E-state index is 0.738. The number of hydrogen-bond donors (Lipinski definition) is 1. The lowest BCUT2D eigenvalue weighted by Crippen LogP contribution is -2.46. The summed E-state index contributed by atoms with van der Waals surface area (Å²) in [5.41, 5.74) is 0. The molecule has 3 rings (SSSR count). The Kier molecular flexibility index (Phi) is 3.46. The number of hydrogen-bond acceptors (Lipinski definition) is 3. The lowest BCUT2D eigenvalue weighted by Gasteiger charge is -2.37. The van der Waals surface area contributed by atoms with Crippen molar-refractivity contribution in [1.82, 2.24) is 10.2 Å². The van der Waals surface area contributed by atoms with Crippen LogP contribution in [0.4, 0.5) is 0 Å². The molecule has 0 amide bonds. The van der Waals surface area contributed by atoms with Crippen molar-refractivity contribution in [3.63, 3.8) is 0 Å². The van der Waals surface area contributed by atoms with Crippen molar-refractivity contribution in [1.29, 1.82) is 0 Å². The van der Waals surface area contributed by atoms with E-state index in [1.165, 1.54) is 51.7 Å². The van der Waals surface area contributed by atoms with Gasteiger partial charge in [0.05, 0.1) is 6.61 Å². The van der Waals surface area contributed by atoms with Crippen molar-refractivity contribution in [2.24, 2.45) is 5.92 Å². The molecule has 0 bridgehead atoms. The summed E-state index contributed by atoms with van der Waals surface area (Å²) in [6, 6.07) is 1.61. The molecule has 16 heavy (non-hydrogen) atoms. The van der Waals surface area contributed by atoms with E-state index in [2.05, 4.69) is 10.2 Å². The number of ether oxygens (including phenoxy) is 1. The Bertz CT molecular complexity index is 222. The smallest absolute Gasteiger partial charge is 0.0622 e. The summed E-state index contributed by atoms with van der Waals surface area (Å²) in [5.74, 6) is 0.948. The molecule has 0 aromatic carbocycles. The first kappa shape index (κ1) is 11.0. The van der Waals surface area contributed by atoms with Gasteiger partial charge >= 0.3 is 0 Å². The zero-order valence-electron chi connectivity index (χ0n) is 10.2. The highest BCUT2D eigenvalue weighted by molar-refractivity contribution is 4.91. The van der Waals surface area contributed by atoms with Crippen LogP contribution in [0.25, 0.3) is 0 Å². The summed E-state index contributed by atoms with van der Waals surface area (Å²) in [7, 11) is 0. The Morgan fingerprint density at radius 1 is 1.06 bits per heavy atom. The van der Waals surface area contributed by atoms with Crippen LogP contribution in [-0.4, -0.2) is 49.8 Å². The minimum absolute atomic E-state index is 0.738. The van der Waals surface area contributed by atoms with E-state index in [1.54, 1.807) is 0 Å². The minimum Gasteiger partial charge on any atom is -0.380 e. The van der Waals surface area contributed by atoms with E-state index in [4.69, 9.17) is 4.74 Å². The molecule has 0 aromatic rings. The van der Waals surface area contributed by atoms with Crippen molar-refractivity contribution in [2.75, 3.05) is 32.8 Å². The summed E-state index contributed by atoms with van der Waals surface area (Å²) in [5, 5.41) is 3.48. The second kappa shape index (κ2) is 5.03. The molecular weight excluding hydrogens is 200 g/mol. The van der Waals surface area contributed by atoms with E-state index in [0.29, 0.717) is 0 Å². The van der Waals surface area contributed by atoms with Gasteiger partial charge in [-0.25, -0.2) is 0 Å². The van der Waals surface area contributed by atoms with Crippen molar-refractivity contribution < 1.29 is 4.74 Å². The largest absolute Gasteiger partial charge is 0.380 e. The molecule has 3 aliphatic rings. The standard InChI is InChI=1S/C13H24N2O/c1-2-13(11-3-6-14-7-4-11)15(8-1)12-5-9-16-10-12/h11-14H,1-10H2. The van der Waals surface area contributed by atoms with E-state index in [-0.39, 0.29) is 0 Å². The topological polar surface area (TPSA) is 24.5 Å². The van der Waals surface area contributed by atoms with E-state index in [0.717, 1.165) is 31.2 Å². The van der Waals surface area contributed by atoms with Crippen molar-refractivity contribution in [2.45, 2.75) is 44.2 Å². The fraction of sp³-hybridized carbons (Fsp3) is 1.00. The Hall–Kier alpha value is -0.120. The van der Waals surface area contributed by atoms with Gasteiger partial charge in [-0.05, 0) is 57.7 Å². The van der Waals surface area contributed by atoms with Gasteiger partial charge in [0, 0.05) is 18.7 Å². The molecule has 0 radical (unpaired) electrons. The Morgan fingerprint density at radius 3 is 2.69 bits per heavy atom. The first-order valence-electron chi connectivity index (χ1n) is 6.99. The number of piperidine rings is 1. The molecule has 0 aliphatic carbocycles. The third-order valence-electron chi connectivity index (χ3n) is 4.64. The summed E-state index contributed by atoms with van der Waals surface area (Å²) >= 11 is 0. The van der Waals surface area contributed by atoms with Gasteiger partial charge in [0.25, 0.3) is 0 Å². The monoisotopic (exact) mass is 224 g/mol. The van der Waals surface area contributed by atoms with Crippen LogP contribution >= 0.6 is 0 Å². The zero-order valence-corrected chi connectivity index (χ0v) is 10.2. The Balaban J connectivity index is 1.63. The fourth-order valence-electron chi connectivity index (χ4n) is 3.79. The SMILES string of the molecule is C1CC(C2CCNCC2)N(C2CCOC2)C1. The molecule has 3 saturated heterocycles. The predicted octanol–water partition coefficient (Wildman–Crippen LogP) is 1.24. The van der Waals surface area contributed by atoms with Crippen LogP contribution in [0.2, 0.25) is 0 Å². The number of nitrogens with zero attached hydrogens (tertiary/aromatic N) is 1. The van der Waals surface area contributed by atoms with Crippen molar-refractivity contribution in [3.05, 3.63) is 0 Å². The summed E-state index contributed by atoms with van der Waals surface area (Å²) in [4.78, 5) is 2.78. The highest BCUT2D eigenvalue weighted by Crippen LogP contribution is 2.32. The number of rotatable bonds is 2. The van der Waals surface area contributed by atoms with E-state index >= 15 is 0 Å². The van der Waals surface area contributed by atoms with Gasteiger partial charge in [-0.1, -0.05) is 0 Å². The normalized spacial score (nSPS) is 38.2. The second-order valence-electron chi connectivity index (χ2n) is 5.55. The maximum Gasteiger partial charge on any atom is 0.0622 e. The van der Waals surface area contributed by atoms with Crippen LogP contribution < -0.4 is 5.32 Å². The first-order valence-corrected chi connectivity index (χ1v) is 6.99. The molecule has 0 saturated carbocycles. The van der Waals surface area contributed by atoms with Crippen LogP contribution in [0.15, 0.2) is 0 Å². The quantitative estimate of drug-likeness (QED) is 0.764. The third kappa shape index (κ3) is 2.13. The van der Waals surface area contributed by atoms with Gasteiger partial charge in [0.15, 0.2) is 0 Å². The van der Waals surface area contributed by atoms with E-state index < -0.39 is 0 Å². The molecule has 3 aliphatic heterocycles. The van der Waals surface area contributed by atoms with Crippen LogP contribution in [0, 0.1) is 5.92 Å². The maximum absolute atomic E-state index is 5.55. The molecule has 3 heterocycles. The molecule has 1 N–H and O–H groups in total. The van der Waals surface area contributed by atoms with E-state index in [1.807, 2.05) is 0 Å². The molecular formula is C13H24N2O. The summed E-state index contributed by atoms with van der Waals surface area (Å²) in [6.07, 6.45) is 6.87. The van der Waals surface area contributed by atoms with Gasteiger partial charge in [-0.2, -0.15) is 0 Å². The van der Waals surface area contributed by atoms with Crippen molar-refractivity contribution >= 4 is 0 Å². The number of nitrogens with one attached hydrogen (secondary N) is 1. The maximum atomic E-state index is 5.55. The average molecular weight is 224 g/mol. The lowest BCUT2D eigenvalue weighted by molar-refractivity contribution is 0.0990. The lowest BCUT2D eigenvalue weighted by atomic mass is 9.88. The average Bonchev–Trinajstić information content (AvgIpc) is 3.01. The van der Waals surface area contributed by atoms with Crippen LogP contribution in [0.3, 0.4) is 0 Å². The van der Waals surface area contributed by atoms with Crippen molar-refractivity contribution in [3.8, 4) is 0 Å². The molecule has 2 unspecified atom stereocenters. The third-order valence-corrected chi connectivity index (χ3v) is 4.64. The molecule has 3 fully saturated rings. The van der Waals surface area contributed by atoms with Gasteiger partial charge in [-0.3, -0.25) is 4.90 Å². The highest BCUT2D eigenvalue weighted by atomic mass is 16.5. The fourth-order valence-corrected chi connectivity index (χ4v) is 3.79. The Labute approximate surface area is 98.5 Å². The summed E-state index contributed by atoms with van der Waals surface area (Å²) in [6.45, 7) is 5.76. The predicted molar refractivity (Wildman–Crippen MR) is 64.5 cm³/mol. The van der Waals surface area contributed by atoms with Gasteiger partial charge in [-0.15, -0.1) is 0 Å². The van der Waals surface area contributed by atoms with Crippen LogP contribution in [0.5, 0.6) is 0 Å². The molecule has 2 atom stereocenters. The van der Waals surface area contributed by atoms with Gasteiger partial charge < -0.3 is 10.1 Å². The summed E-state index contributed by atoms with van der Waals surface area (Å²) < 4.78 is 5.55. The number of likely N-dealkylation sites (tertiary alicyclic amines) is 1. The second-order valence-corrected chi connectivity index (χ2v) is 5.55. The molecule has 0 aromatic heterocycles. The molecule has 3 nitrogen and oxygen atoms in total. The highest BCUT2D eigenvalue weighted by Gasteiger charge is 2.37.